The van der Waals surface area contributed by atoms with Gasteiger partial charge in [-0.25, -0.2) is 0 Å². The SMILES string of the molecule is Cc1ccc(Br)c(OC2CCCNC2)c1. The van der Waals surface area contributed by atoms with Gasteiger partial charge in [0.2, 0.25) is 0 Å². The molecule has 2 nitrogen and oxygen atoms in total. The average Bonchev–Trinajstić information content (AvgIpc) is 2.25. The van der Waals surface area contributed by atoms with Crippen molar-refractivity contribution in [2.75, 3.05) is 13.1 Å². The number of hydrogen-bond acceptors (Lipinski definition) is 2. The van der Waals surface area contributed by atoms with E-state index in [1.54, 1.807) is 0 Å². The van der Waals surface area contributed by atoms with Crippen LogP contribution in [0.3, 0.4) is 0 Å². The fourth-order valence-corrected chi connectivity index (χ4v) is 2.14. The summed E-state index contributed by atoms with van der Waals surface area (Å²) in [5.41, 5.74) is 1.23. The monoisotopic (exact) mass is 269 g/mol. The summed E-state index contributed by atoms with van der Waals surface area (Å²) in [6.45, 7) is 4.16. The molecule has 0 spiro atoms. The van der Waals surface area contributed by atoms with E-state index in [4.69, 9.17) is 4.74 Å². The zero-order valence-electron chi connectivity index (χ0n) is 8.92. The summed E-state index contributed by atoms with van der Waals surface area (Å²) >= 11 is 3.51. The number of ether oxygens (including phenoxy) is 1. The Labute approximate surface area is 99.1 Å². The van der Waals surface area contributed by atoms with Crippen molar-refractivity contribution < 1.29 is 4.74 Å². The maximum Gasteiger partial charge on any atom is 0.134 e. The van der Waals surface area contributed by atoms with Crippen molar-refractivity contribution in [2.45, 2.75) is 25.9 Å². The molecule has 1 saturated heterocycles. The lowest BCUT2D eigenvalue weighted by atomic mass is 10.1. The molecule has 1 atom stereocenters. The molecule has 0 aromatic heterocycles. The van der Waals surface area contributed by atoms with Crippen LogP contribution in [0.25, 0.3) is 0 Å². The van der Waals surface area contributed by atoms with Crippen molar-refractivity contribution in [1.82, 2.24) is 5.32 Å². The van der Waals surface area contributed by atoms with Crippen LogP contribution in [0.4, 0.5) is 0 Å². The molecule has 3 heteroatoms. The zero-order valence-corrected chi connectivity index (χ0v) is 10.5. The molecule has 2 rings (SSSR count). The van der Waals surface area contributed by atoms with Crippen LogP contribution in [0.2, 0.25) is 0 Å². The first-order valence-corrected chi connectivity index (χ1v) is 6.18. The second-order valence-electron chi connectivity index (χ2n) is 4.02. The summed E-state index contributed by atoms with van der Waals surface area (Å²) in [5, 5.41) is 3.35. The third-order valence-corrected chi connectivity index (χ3v) is 3.29. The first kappa shape index (κ1) is 11.0. The summed E-state index contributed by atoms with van der Waals surface area (Å²) in [7, 11) is 0. The highest BCUT2D eigenvalue weighted by molar-refractivity contribution is 9.10. The van der Waals surface area contributed by atoms with Crippen LogP contribution in [0.1, 0.15) is 18.4 Å². The lowest BCUT2D eigenvalue weighted by molar-refractivity contribution is 0.166. The molecule has 15 heavy (non-hydrogen) atoms. The summed E-state index contributed by atoms with van der Waals surface area (Å²) in [4.78, 5) is 0. The van der Waals surface area contributed by atoms with E-state index in [0.29, 0.717) is 6.10 Å². The quantitative estimate of drug-likeness (QED) is 0.892. The van der Waals surface area contributed by atoms with Crippen LogP contribution in [-0.2, 0) is 0 Å². The lowest BCUT2D eigenvalue weighted by Crippen LogP contribution is -2.37. The second kappa shape index (κ2) is 4.99. The van der Waals surface area contributed by atoms with E-state index in [1.165, 1.54) is 12.0 Å². The maximum absolute atomic E-state index is 5.96. The highest BCUT2D eigenvalue weighted by atomic mass is 79.9. The van der Waals surface area contributed by atoms with Crippen LogP contribution in [0.5, 0.6) is 5.75 Å². The highest BCUT2D eigenvalue weighted by Gasteiger charge is 2.15. The van der Waals surface area contributed by atoms with Crippen molar-refractivity contribution in [2.24, 2.45) is 0 Å². The van der Waals surface area contributed by atoms with Crippen LogP contribution in [0, 0.1) is 6.92 Å². The molecular weight excluding hydrogens is 254 g/mol. The minimum Gasteiger partial charge on any atom is -0.488 e. The molecule has 1 fully saturated rings. The molecule has 1 aliphatic heterocycles. The predicted octanol–water partition coefficient (Wildman–Crippen LogP) is 2.89. The largest absolute Gasteiger partial charge is 0.488 e. The fourth-order valence-electron chi connectivity index (χ4n) is 1.80. The number of rotatable bonds is 2. The fraction of sp³-hybridized carbons (Fsp3) is 0.500. The smallest absolute Gasteiger partial charge is 0.134 e. The van der Waals surface area contributed by atoms with Gasteiger partial charge in [-0.2, -0.15) is 0 Å². The van der Waals surface area contributed by atoms with Crippen molar-refractivity contribution in [3.05, 3.63) is 28.2 Å². The highest BCUT2D eigenvalue weighted by Crippen LogP contribution is 2.27. The topological polar surface area (TPSA) is 21.3 Å². The molecule has 1 unspecified atom stereocenters. The van der Waals surface area contributed by atoms with Gasteiger partial charge in [-0.15, -0.1) is 0 Å². The van der Waals surface area contributed by atoms with Crippen LogP contribution in [0.15, 0.2) is 22.7 Å². The van der Waals surface area contributed by atoms with Gasteiger partial charge in [0.15, 0.2) is 0 Å². The standard InChI is InChI=1S/C12H16BrNO/c1-9-4-5-11(13)12(7-9)15-10-3-2-6-14-8-10/h4-5,7,10,14H,2-3,6,8H2,1H3. The number of aryl methyl sites for hydroxylation is 1. The van der Waals surface area contributed by atoms with Crippen molar-refractivity contribution in [3.63, 3.8) is 0 Å². The summed E-state index contributed by atoms with van der Waals surface area (Å²) in [6.07, 6.45) is 2.67. The van der Waals surface area contributed by atoms with Crippen molar-refractivity contribution in [3.8, 4) is 5.75 Å². The van der Waals surface area contributed by atoms with Gasteiger partial charge in [0.05, 0.1) is 4.47 Å². The Bertz CT molecular complexity index is 334. The average molecular weight is 270 g/mol. The van der Waals surface area contributed by atoms with Gasteiger partial charge in [0.1, 0.15) is 11.9 Å². The van der Waals surface area contributed by atoms with Gasteiger partial charge in [-0.3, -0.25) is 0 Å². The molecule has 1 N–H and O–H groups in total. The van der Waals surface area contributed by atoms with Crippen LogP contribution < -0.4 is 10.1 Å². The first-order valence-electron chi connectivity index (χ1n) is 5.39. The molecule has 0 bridgehead atoms. The van der Waals surface area contributed by atoms with Crippen molar-refractivity contribution in [1.29, 1.82) is 0 Å². The Morgan fingerprint density at radius 3 is 3.07 bits per heavy atom. The molecule has 1 heterocycles. The molecule has 1 aromatic carbocycles. The Hall–Kier alpha value is -0.540. The van der Waals surface area contributed by atoms with Gasteiger partial charge in [0, 0.05) is 6.54 Å². The van der Waals surface area contributed by atoms with Gasteiger partial charge in [-0.1, -0.05) is 6.07 Å². The Morgan fingerprint density at radius 1 is 1.47 bits per heavy atom. The van der Waals surface area contributed by atoms with Crippen LogP contribution in [-0.4, -0.2) is 19.2 Å². The zero-order chi connectivity index (χ0) is 10.7. The van der Waals surface area contributed by atoms with E-state index in [2.05, 4.69) is 40.3 Å². The van der Waals surface area contributed by atoms with E-state index in [0.717, 1.165) is 29.7 Å². The second-order valence-corrected chi connectivity index (χ2v) is 4.87. The summed E-state index contributed by atoms with van der Waals surface area (Å²) in [6, 6.07) is 6.20. The minimum absolute atomic E-state index is 0.317. The van der Waals surface area contributed by atoms with E-state index < -0.39 is 0 Å². The maximum atomic E-state index is 5.96. The minimum atomic E-state index is 0.317. The number of hydrogen-bond donors (Lipinski definition) is 1. The van der Waals surface area contributed by atoms with Gasteiger partial charge in [0.25, 0.3) is 0 Å². The summed E-state index contributed by atoms with van der Waals surface area (Å²) in [5.74, 6) is 0.962. The van der Waals surface area contributed by atoms with Gasteiger partial charge >= 0.3 is 0 Å². The van der Waals surface area contributed by atoms with Crippen LogP contribution >= 0.6 is 15.9 Å². The van der Waals surface area contributed by atoms with E-state index in [1.807, 2.05) is 6.07 Å². The van der Waals surface area contributed by atoms with E-state index >= 15 is 0 Å². The molecular formula is C12H16BrNO. The molecule has 1 aromatic rings. The molecule has 0 aliphatic carbocycles. The first-order chi connectivity index (χ1) is 7.25. The van der Waals surface area contributed by atoms with E-state index in [-0.39, 0.29) is 0 Å². The number of benzene rings is 1. The van der Waals surface area contributed by atoms with E-state index in [9.17, 15) is 0 Å². The Kier molecular flexibility index (Phi) is 3.65. The predicted molar refractivity (Wildman–Crippen MR) is 65.4 cm³/mol. The number of nitrogens with one attached hydrogen (secondary N) is 1. The van der Waals surface area contributed by atoms with Gasteiger partial charge in [-0.05, 0) is 59.9 Å². The normalized spacial score (nSPS) is 21.3. The molecule has 0 saturated carbocycles. The lowest BCUT2D eigenvalue weighted by Gasteiger charge is -2.24. The Balaban J connectivity index is 2.05. The number of piperidine rings is 1. The third-order valence-electron chi connectivity index (χ3n) is 2.63. The summed E-state index contributed by atoms with van der Waals surface area (Å²) < 4.78 is 7.00. The number of halogens is 1. The molecule has 0 radical (unpaired) electrons. The van der Waals surface area contributed by atoms with Crippen molar-refractivity contribution >= 4 is 15.9 Å². The van der Waals surface area contributed by atoms with Gasteiger partial charge < -0.3 is 10.1 Å². The molecule has 82 valence electrons. The third kappa shape index (κ3) is 2.95. The Morgan fingerprint density at radius 2 is 2.33 bits per heavy atom. The molecule has 1 aliphatic rings. The molecule has 0 amide bonds.